The maximum absolute atomic E-state index is 13.6. The summed E-state index contributed by atoms with van der Waals surface area (Å²) in [6, 6.07) is 20.4. The van der Waals surface area contributed by atoms with E-state index in [9.17, 15) is 13.2 Å². The van der Waals surface area contributed by atoms with Gasteiger partial charge in [0.15, 0.2) is 0 Å². The number of carbonyl (C=O) groups is 1. The van der Waals surface area contributed by atoms with Gasteiger partial charge in [-0.25, -0.2) is 8.42 Å². The van der Waals surface area contributed by atoms with Crippen LogP contribution < -0.4 is 0 Å². The van der Waals surface area contributed by atoms with Crippen molar-refractivity contribution in [1.82, 2.24) is 9.21 Å². The topological polar surface area (TPSA) is 80.1 Å². The first kappa shape index (κ1) is 26.1. The van der Waals surface area contributed by atoms with Gasteiger partial charge in [0.05, 0.1) is 24.1 Å². The molecule has 0 N–H and O–H groups in total. The van der Waals surface area contributed by atoms with Gasteiger partial charge in [0.2, 0.25) is 15.9 Å². The number of amides is 1. The van der Waals surface area contributed by atoms with Crippen molar-refractivity contribution in [3.05, 3.63) is 89.4 Å². The number of furan rings is 1. The van der Waals surface area contributed by atoms with Gasteiger partial charge in [-0.1, -0.05) is 48.0 Å². The first-order valence-corrected chi connectivity index (χ1v) is 13.8. The normalized spacial score (nSPS) is 15.9. The van der Waals surface area contributed by atoms with Gasteiger partial charge in [0, 0.05) is 19.7 Å². The molecular weight excluding hydrogens is 476 g/mol. The van der Waals surface area contributed by atoms with Gasteiger partial charge in [0.1, 0.15) is 11.5 Å². The van der Waals surface area contributed by atoms with Gasteiger partial charge >= 0.3 is 0 Å². The number of ether oxygens (including phenoxy) is 1. The number of aryl methyl sites for hydroxylation is 2. The molecular formula is C28H34N2O5S. The van der Waals surface area contributed by atoms with Crippen molar-refractivity contribution in [3.8, 4) is 0 Å². The average molecular weight is 511 g/mol. The third kappa shape index (κ3) is 6.84. The van der Waals surface area contributed by atoms with E-state index in [-0.39, 0.29) is 36.5 Å². The van der Waals surface area contributed by atoms with Gasteiger partial charge in [0.25, 0.3) is 0 Å². The molecule has 1 amide bonds. The zero-order valence-corrected chi connectivity index (χ0v) is 21.7. The second kappa shape index (κ2) is 11.9. The second-order valence-electron chi connectivity index (χ2n) is 9.31. The minimum absolute atomic E-state index is 0.147. The SMILES string of the molecule is Cc1ccc(S(=O)(=O)N(CC(=O)N(CCc2ccccc2)Cc2ccc(C)o2)C[C@@H]2CCCO2)cc1. The summed E-state index contributed by atoms with van der Waals surface area (Å²) in [5.74, 6) is 1.16. The van der Waals surface area contributed by atoms with E-state index in [1.807, 2.05) is 56.3 Å². The highest BCUT2D eigenvalue weighted by molar-refractivity contribution is 7.89. The minimum Gasteiger partial charge on any atom is -0.464 e. The maximum Gasteiger partial charge on any atom is 0.243 e. The molecule has 0 aliphatic carbocycles. The lowest BCUT2D eigenvalue weighted by Gasteiger charge is -2.28. The Morgan fingerprint density at radius 1 is 1.00 bits per heavy atom. The second-order valence-corrected chi connectivity index (χ2v) is 11.2. The molecule has 4 rings (SSSR count). The third-order valence-electron chi connectivity index (χ3n) is 6.41. The Labute approximate surface area is 213 Å². The van der Waals surface area contributed by atoms with Crippen molar-refractivity contribution in [3.63, 3.8) is 0 Å². The van der Waals surface area contributed by atoms with E-state index in [0.29, 0.717) is 25.3 Å². The fourth-order valence-electron chi connectivity index (χ4n) is 4.33. The van der Waals surface area contributed by atoms with E-state index < -0.39 is 10.0 Å². The predicted molar refractivity (Wildman–Crippen MR) is 138 cm³/mol. The summed E-state index contributed by atoms with van der Waals surface area (Å²) in [5.41, 5.74) is 2.07. The summed E-state index contributed by atoms with van der Waals surface area (Å²) in [6.45, 7) is 4.98. The van der Waals surface area contributed by atoms with Crippen LogP contribution in [0.1, 0.15) is 35.5 Å². The molecule has 1 aliphatic heterocycles. The molecule has 0 bridgehead atoms. The number of rotatable bonds is 11. The fourth-order valence-corrected chi connectivity index (χ4v) is 5.75. The number of sulfonamides is 1. The van der Waals surface area contributed by atoms with Crippen molar-refractivity contribution in [2.45, 2.75) is 50.7 Å². The Morgan fingerprint density at radius 2 is 1.75 bits per heavy atom. The van der Waals surface area contributed by atoms with Crippen LogP contribution in [0, 0.1) is 13.8 Å². The highest BCUT2D eigenvalue weighted by Gasteiger charge is 2.32. The number of benzene rings is 2. The Kier molecular flexibility index (Phi) is 8.61. The standard InChI is InChI=1S/C28H34N2O5S/c1-22-10-14-27(15-11-22)36(32,33)30(20-25-9-6-18-34-25)21-28(31)29(19-26-13-12-23(2)35-26)17-16-24-7-4-3-5-8-24/h3-5,7-8,10-15,25H,6,9,16-21H2,1-2H3/t25-/m0/s1. The van der Waals surface area contributed by atoms with Gasteiger partial charge in [-0.2, -0.15) is 4.31 Å². The zero-order chi connectivity index (χ0) is 25.5. The molecule has 36 heavy (non-hydrogen) atoms. The van der Waals surface area contributed by atoms with E-state index in [4.69, 9.17) is 9.15 Å². The molecule has 2 aromatic carbocycles. The van der Waals surface area contributed by atoms with E-state index in [1.54, 1.807) is 29.2 Å². The number of hydrogen-bond acceptors (Lipinski definition) is 5. The quantitative estimate of drug-likeness (QED) is 0.383. The van der Waals surface area contributed by atoms with Gasteiger partial charge in [-0.05, 0) is 62.9 Å². The summed E-state index contributed by atoms with van der Waals surface area (Å²) < 4.78 is 40.0. The Morgan fingerprint density at radius 3 is 2.39 bits per heavy atom. The van der Waals surface area contributed by atoms with Gasteiger partial charge in [-0.15, -0.1) is 0 Å². The van der Waals surface area contributed by atoms with E-state index in [1.165, 1.54) is 4.31 Å². The van der Waals surface area contributed by atoms with Gasteiger partial charge in [-0.3, -0.25) is 4.79 Å². The molecule has 3 aromatic rings. The highest BCUT2D eigenvalue weighted by Crippen LogP contribution is 2.21. The first-order chi connectivity index (χ1) is 17.3. The smallest absolute Gasteiger partial charge is 0.243 e. The maximum atomic E-state index is 13.6. The van der Waals surface area contributed by atoms with Crippen LogP contribution in [0.3, 0.4) is 0 Å². The monoisotopic (exact) mass is 510 g/mol. The summed E-state index contributed by atoms with van der Waals surface area (Å²) in [5, 5.41) is 0. The number of carbonyl (C=O) groups excluding carboxylic acids is 1. The third-order valence-corrected chi connectivity index (χ3v) is 8.24. The molecule has 1 fully saturated rings. The van der Waals surface area contributed by atoms with Crippen molar-refractivity contribution in [1.29, 1.82) is 0 Å². The van der Waals surface area contributed by atoms with Crippen molar-refractivity contribution in [2.75, 3.05) is 26.2 Å². The molecule has 2 heterocycles. The summed E-state index contributed by atoms with van der Waals surface area (Å²) in [4.78, 5) is 15.5. The minimum atomic E-state index is -3.89. The molecule has 1 saturated heterocycles. The summed E-state index contributed by atoms with van der Waals surface area (Å²) in [7, 11) is -3.89. The molecule has 192 valence electrons. The molecule has 7 nitrogen and oxygen atoms in total. The van der Waals surface area contributed by atoms with Gasteiger partial charge < -0.3 is 14.1 Å². The van der Waals surface area contributed by atoms with Crippen LogP contribution in [0.25, 0.3) is 0 Å². The Bertz CT molecular complexity index is 1230. The molecule has 0 spiro atoms. The summed E-state index contributed by atoms with van der Waals surface area (Å²) >= 11 is 0. The lowest BCUT2D eigenvalue weighted by atomic mass is 10.1. The lowest BCUT2D eigenvalue weighted by Crippen LogP contribution is -2.45. The molecule has 1 atom stereocenters. The van der Waals surface area contributed by atoms with E-state index >= 15 is 0 Å². The number of nitrogens with zero attached hydrogens (tertiary/aromatic N) is 2. The largest absolute Gasteiger partial charge is 0.464 e. The van der Waals surface area contributed by atoms with Crippen LogP contribution in [0.2, 0.25) is 0 Å². The lowest BCUT2D eigenvalue weighted by molar-refractivity contribution is -0.132. The van der Waals surface area contributed by atoms with Crippen LogP contribution in [-0.2, 0) is 32.5 Å². The molecule has 1 aromatic heterocycles. The van der Waals surface area contributed by atoms with Crippen LogP contribution in [0.15, 0.2) is 76.0 Å². The number of hydrogen-bond donors (Lipinski definition) is 0. The molecule has 0 saturated carbocycles. The molecule has 0 radical (unpaired) electrons. The van der Waals surface area contributed by atoms with Crippen LogP contribution >= 0.6 is 0 Å². The predicted octanol–water partition coefficient (Wildman–Crippen LogP) is 4.34. The Balaban J connectivity index is 1.56. The van der Waals surface area contributed by atoms with E-state index in [2.05, 4.69) is 0 Å². The summed E-state index contributed by atoms with van der Waals surface area (Å²) in [6.07, 6.45) is 2.10. The average Bonchev–Trinajstić information content (AvgIpc) is 3.53. The first-order valence-electron chi connectivity index (χ1n) is 12.4. The zero-order valence-electron chi connectivity index (χ0n) is 20.9. The van der Waals surface area contributed by atoms with Crippen LogP contribution in [0.5, 0.6) is 0 Å². The van der Waals surface area contributed by atoms with Crippen molar-refractivity contribution < 1.29 is 22.4 Å². The van der Waals surface area contributed by atoms with Crippen molar-refractivity contribution >= 4 is 15.9 Å². The van der Waals surface area contributed by atoms with Crippen LogP contribution in [0.4, 0.5) is 0 Å². The van der Waals surface area contributed by atoms with Crippen molar-refractivity contribution in [2.24, 2.45) is 0 Å². The van der Waals surface area contributed by atoms with E-state index in [0.717, 1.165) is 29.7 Å². The molecule has 8 heteroatoms. The highest BCUT2D eigenvalue weighted by atomic mass is 32.2. The Hall–Kier alpha value is -2.94. The molecule has 0 unspecified atom stereocenters. The van der Waals surface area contributed by atoms with Crippen LogP contribution in [-0.4, -0.2) is 55.9 Å². The molecule has 1 aliphatic rings. The fraction of sp³-hybridized carbons (Fsp3) is 0.393.